The highest BCUT2D eigenvalue weighted by molar-refractivity contribution is 5.33. The van der Waals surface area contributed by atoms with Crippen molar-refractivity contribution < 1.29 is 5.11 Å². The summed E-state index contributed by atoms with van der Waals surface area (Å²) >= 11 is 0. The molecule has 2 heteroatoms. The van der Waals surface area contributed by atoms with Crippen LogP contribution in [0.3, 0.4) is 0 Å². The second-order valence-electron chi connectivity index (χ2n) is 5.16. The number of nitrogens with zero attached hydrogens (tertiary/aromatic N) is 1. The fourth-order valence-corrected chi connectivity index (χ4v) is 2.02. The predicted octanol–water partition coefficient (Wildman–Crippen LogP) is 3.07. The van der Waals surface area contributed by atoms with E-state index in [-0.39, 0.29) is 12.0 Å². The molecule has 0 aliphatic carbocycles. The summed E-state index contributed by atoms with van der Waals surface area (Å²) in [6, 6.07) is 9.77. The van der Waals surface area contributed by atoms with Gasteiger partial charge in [-0.15, -0.1) is 0 Å². The van der Waals surface area contributed by atoms with Crippen molar-refractivity contribution in [2.24, 2.45) is 5.41 Å². The zero-order valence-corrected chi connectivity index (χ0v) is 10.2. The van der Waals surface area contributed by atoms with Crippen molar-refractivity contribution in [3.8, 4) is 6.07 Å². The van der Waals surface area contributed by atoms with Crippen LogP contribution in [0.1, 0.15) is 44.2 Å². The van der Waals surface area contributed by atoms with Crippen LogP contribution < -0.4 is 0 Å². The topological polar surface area (TPSA) is 44.0 Å². The Balaban J connectivity index is 2.98. The van der Waals surface area contributed by atoms with Gasteiger partial charge in [0.05, 0.1) is 11.6 Å². The zero-order valence-electron chi connectivity index (χ0n) is 10.2. The number of rotatable bonds is 3. The highest BCUT2D eigenvalue weighted by Gasteiger charge is 2.25. The Morgan fingerprint density at radius 2 is 1.81 bits per heavy atom. The Morgan fingerprint density at radius 3 is 2.19 bits per heavy atom. The van der Waals surface area contributed by atoms with E-state index in [9.17, 15) is 0 Å². The molecule has 0 heterocycles. The predicted molar refractivity (Wildman–Crippen MR) is 65.1 cm³/mol. The highest BCUT2D eigenvalue weighted by atomic mass is 16.3. The van der Waals surface area contributed by atoms with Crippen molar-refractivity contribution >= 4 is 0 Å². The summed E-state index contributed by atoms with van der Waals surface area (Å²) in [4.78, 5) is 0. The van der Waals surface area contributed by atoms with Gasteiger partial charge in [-0.25, -0.2) is 0 Å². The molecule has 1 N–H and O–H groups in total. The molecule has 16 heavy (non-hydrogen) atoms. The lowest BCUT2D eigenvalue weighted by Crippen LogP contribution is -2.19. The van der Waals surface area contributed by atoms with Gasteiger partial charge >= 0.3 is 0 Å². The molecule has 2 nitrogen and oxygen atoms in total. The molecule has 1 unspecified atom stereocenters. The molecule has 0 aromatic heterocycles. The molecule has 0 aliphatic rings. The van der Waals surface area contributed by atoms with Gasteiger partial charge in [0.25, 0.3) is 0 Å². The van der Waals surface area contributed by atoms with Crippen LogP contribution in [0.2, 0.25) is 0 Å². The number of hydrogen-bond donors (Lipinski definition) is 1. The van der Waals surface area contributed by atoms with Gasteiger partial charge in [0.2, 0.25) is 0 Å². The number of hydrogen-bond acceptors (Lipinski definition) is 2. The quantitative estimate of drug-likeness (QED) is 0.845. The van der Waals surface area contributed by atoms with E-state index >= 15 is 0 Å². The first kappa shape index (κ1) is 12.7. The molecule has 0 spiro atoms. The third kappa shape index (κ3) is 3.08. The van der Waals surface area contributed by atoms with Crippen molar-refractivity contribution in [1.29, 1.82) is 5.26 Å². The lowest BCUT2D eigenvalue weighted by atomic mass is 9.75. The Hall–Kier alpha value is -1.33. The van der Waals surface area contributed by atoms with Crippen LogP contribution in [0.5, 0.6) is 0 Å². The minimum Gasteiger partial charge on any atom is -0.396 e. The molecule has 0 saturated carbocycles. The van der Waals surface area contributed by atoms with Crippen molar-refractivity contribution in [2.75, 3.05) is 6.61 Å². The molecule has 86 valence electrons. The summed E-state index contributed by atoms with van der Waals surface area (Å²) in [7, 11) is 0. The maximum absolute atomic E-state index is 9.11. The Bertz CT molecular complexity index is 367. The maximum Gasteiger partial charge on any atom is 0.0991 e. The molecule has 0 amide bonds. The molecule has 1 aromatic rings. The Kier molecular flexibility index (Phi) is 4.09. The first-order chi connectivity index (χ1) is 7.49. The van der Waals surface area contributed by atoms with E-state index in [0.29, 0.717) is 11.5 Å². The Morgan fingerprint density at radius 1 is 1.25 bits per heavy atom. The molecular weight excluding hydrogens is 198 g/mol. The Labute approximate surface area is 97.5 Å². The lowest BCUT2D eigenvalue weighted by molar-refractivity contribution is 0.223. The van der Waals surface area contributed by atoms with Crippen molar-refractivity contribution in [2.45, 2.75) is 33.1 Å². The normalized spacial score (nSPS) is 13.2. The van der Waals surface area contributed by atoms with E-state index in [4.69, 9.17) is 10.4 Å². The molecule has 1 aromatic carbocycles. The molecule has 1 rings (SSSR count). The molecule has 0 fully saturated rings. The van der Waals surface area contributed by atoms with Crippen molar-refractivity contribution in [3.05, 3.63) is 35.4 Å². The van der Waals surface area contributed by atoms with E-state index in [1.54, 1.807) is 0 Å². The third-order valence-electron chi connectivity index (χ3n) is 2.91. The van der Waals surface area contributed by atoms with E-state index in [0.717, 1.165) is 6.42 Å². The van der Waals surface area contributed by atoms with Crippen LogP contribution in [0.25, 0.3) is 0 Å². The van der Waals surface area contributed by atoms with Crippen LogP contribution in [0.4, 0.5) is 0 Å². The third-order valence-corrected chi connectivity index (χ3v) is 2.91. The van der Waals surface area contributed by atoms with E-state index in [1.807, 2.05) is 24.3 Å². The maximum atomic E-state index is 9.11. The van der Waals surface area contributed by atoms with E-state index in [1.165, 1.54) is 5.56 Å². The minimum absolute atomic E-state index is 0.122. The lowest BCUT2D eigenvalue weighted by Gasteiger charge is -2.30. The fraction of sp³-hybridized carbons (Fsp3) is 0.500. The number of nitriles is 1. The van der Waals surface area contributed by atoms with Crippen molar-refractivity contribution in [3.63, 3.8) is 0 Å². The SMILES string of the molecule is CC(C)(C)C(CCO)c1ccc(C#N)cc1. The highest BCUT2D eigenvalue weighted by Crippen LogP contribution is 2.37. The van der Waals surface area contributed by atoms with Gasteiger partial charge in [0.15, 0.2) is 0 Å². The van der Waals surface area contributed by atoms with Gasteiger partial charge < -0.3 is 5.11 Å². The second-order valence-corrected chi connectivity index (χ2v) is 5.16. The summed E-state index contributed by atoms with van der Waals surface area (Å²) in [5.41, 5.74) is 2.00. The van der Waals surface area contributed by atoms with E-state index < -0.39 is 0 Å². The summed E-state index contributed by atoms with van der Waals surface area (Å²) in [5.74, 6) is 0.324. The van der Waals surface area contributed by atoms with Gasteiger partial charge in [-0.2, -0.15) is 5.26 Å². The van der Waals surface area contributed by atoms with Gasteiger partial charge in [0.1, 0.15) is 0 Å². The van der Waals surface area contributed by atoms with Crippen molar-refractivity contribution in [1.82, 2.24) is 0 Å². The summed E-state index contributed by atoms with van der Waals surface area (Å²) in [6.07, 6.45) is 0.759. The smallest absolute Gasteiger partial charge is 0.0991 e. The number of aliphatic hydroxyl groups is 1. The molecule has 0 aliphatic heterocycles. The average Bonchev–Trinajstić information content (AvgIpc) is 2.25. The van der Waals surface area contributed by atoms with Crippen LogP contribution in [0.15, 0.2) is 24.3 Å². The fourth-order valence-electron chi connectivity index (χ4n) is 2.02. The van der Waals surface area contributed by atoms with Crippen LogP contribution in [0, 0.1) is 16.7 Å². The van der Waals surface area contributed by atoms with Gasteiger partial charge in [-0.1, -0.05) is 32.9 Å². The summed E-state index contributed by atoms with van der Waals surface area (Å²) < 4.78 is 0. The second kappa shape index (κ2) is 5.14. The number of aliphatic hydroxyl groups excluding tert-OH is 1. The molecule has 0 bridgehead atoms. The van der Waals surface area contributed by atoms with Gasteiger partial charge in [0, 0.05) is 6.61 Å². The monoisotopic (exact) mass is 217 g/mol. The van der Waals surface area contributed by atoms with Crippen LogP contribution >= 0.6 is 0 Å². The van der Waals surface area contributed by atoms with Crippen LogP contribution in [-0.2, 0) is 0 Å². The van der Waals surface area contributed by atoms with E-state index in [2.05, 4.69) is 26.8 Å². The standard InChI is InChI=1S/C14H19NO/c1-14(2,3)13(8-9-16)12-6-4-11(10-15)5-7-12/h4-7,13,16H,8-9H2,1-3H3. The van der Waals surface area contributed by atoms with Gasteiger partial charge in [-0.3, -0.25) is 0 Å². The minimum atomic E-state index is 0.122. The molecule has 0 radical (unpaired) electrons. The molecule has 1 atom stereocenters. The molecular formula is C14H19NO. The summed E-state index contributed by atoms with van der Waals surface area (Å²) in [5, 5.41) is 17.9. The molecule has 0 saturated heterocycles. The van der Waals surface area contributed by atoms with Gasteiger partial charge in [-0.05, 0) is 35.4 Å². The first-order valence-corrected chi connectivity index (χ1v) is 5.60. The van der Waals surface area contributed by atoms with Crippen LogP contribution in [-0.4, -0.2) is 11.7 Å². The first-order valence-electron chi connectivity index (χ1n) is 5.60. The number of benzene rings is 1. The zero-order chi connectivity index (χ0) is 12.2. The average molecular weight is 217 g/mol. The summed E-state index contributed by atoms with van der Waals surface area (Å²) in [6.45, 7) is 6.71. The largest absolute Gasteiger partial charge is 0.396 e.